The second-order valence-corrected chi connectivity index (χ2v) is 17.1. The highest BCUT2D eigenvalue weighted by molar-refractivity contribution is 7.98. The first-order valence-electron chi connectivity index (χ1n) is 17.7. The summed E-state index contributed by atoms with van der Waals surface area (Å²) < 4.78 is 9.54. The number of thioether (sulfide) groups is 1. The van der Waals surface area contributed by atoms with Gasteiger partial charge >= 0.3 is 6.85 Å². The highest BCUT2D eigenvalue weighted by Crippen LogP contribution is 2.50. The van der Waals surface area contributed by atoms with Gasteiger partial charge in [0.15, 0.2) is 0 Å². The Kier molecular flexibility index (Phi) is 6.06. The molecular weight excluding hydrogens is 627 g/mol. The molecule has 0 unspecified atom stereocenters. The van der Waals surface area contributed by atoms with Crippen molar-refractivity contribution < 1.29 is 4.42 Å². The Morgan fingerprint density at radius 3 is 2.08 bits per heavy atom. The lowest BCUT2D eigenvalue weighted by Gasteiger charge is -2.41. The molecule has 0 fully saturated rings. The quantitative estimate of drug-likeness (QED) is 0.135. The highest BCUT2D eigenvalue weighted by Gasteiger charge is 2.44. The Hall–Kier alpha value is -4.87. The number of aromatic nitrogens is 1. The maximum atomic E-state index is 6.91. The third kappa shape index (κ3) is 4.01. The molecule has 2 aliphatic rings. The van der Waals surface area contributed by atoms with Gasteiger partial charge in [0.05, 0.1) is 0 Å². The lowest BCUT2D eigenvalue weighted by Crippen LogP contribution is -2.56. The maximum Gasteiger partial charge on any atom is 0.333 e. The van der Waals surface area contributed by atoms with Crippen molar-refractivity contribution in [2.45, 2.75) is 57.3 Å². The summed E-state index contributed by atoms with van der Waals surface area (Å²) in [7, 11) is 0. The molecule has 2 aliphatic heterocycles. The third-order valence-corrected chi connectivity index (χ3v) is 11.9. The van der Waals surface area contributed by atoms with Crippen LogP contribution in [0.5, 0.6) is 0 Å². The summed E-state index contributed by atoms with van der Waals surface area (Å²) in [4.78, 5) is 3.83. The normalized spacial score (nSPS) is 13.9. The zero-order chi connectivity index (χ0) is 34.3. The van der Waals surface area contributed by atoms with Crippen LogP contribution in [0.2, 0.25) is 0 Å². The van der Waals surface area contributed by atoms with E-state index in [1.54, 1.807) is 0 Å². The molecule has 0 N–H and O–H groups in total. The van der Waals surface area contributed by atoms with Crippen LogP contribution in [-0.2, 0) is 10.8 Å². The van der Waals surface area contributed by atoms with Gasteiger partial charge in [0.1, 0.15) is 11.2 Å². The summed E-state index contributed by atoms with van der Waals surface area (Å²) in [5.74, 6) is 0. The molecule has 0 aliphatic carbocycles. The molecule has 3 nitrogen and oxygen atoms in total. The fourth-order valence-electron chi connectivity index (χ4n) is 8.63. The Balaban J connectivity index is 1.43. The SMILES string of the molecule is CSc1ccc2c(c1)B1c3c(cc4c(oc5ccccc54)c3-c3cccc4c5ccccc5n1c34)N2c1cc(C(C)(C)C)cc(C(C)(C)C)c1. The maximum absolute atomic E-state index is 6.91. The summed E-state index contributed by atoms with van der Waals surface area (Å²) in [5, 5.41) is 4.89. The van der Waals surface area contributed by atoms with Crippen molar-refractivity contribution in [3.63, 3.8) is 0 Å². The molecule has 10 rings (SSSR count). The van der Waals surface area contributed by atoms with Gasteiger partial charge in [-0.1, -0.05) is 102 Å². The number of furan rings is 1. The van der Waals surface area contributed by atoms with E-state index < -0.39 is 0 Å². The number of hydrogen-bond acceptors (Lipinski definition) is 3. The van der Waals surface area contributed by atoms with Crippen LogP contribution >= 0.6 is 11.8 Å². The Labute approximate surface area is 298 Å². The standard InChI is InChI=1S/C45H39BN2OS/c1-44(2,3)26-21-27(45(4,5)6)23-28(22-26)47-37-20-19-29(50-7)24-35(37)46-41-38(47)25-34-31-14-9-11-18-39(31)49-43(34)40(41)33-16-12-15-32-30-13-8-10-17-36(30)48(46)42(32)33/h8-25H,1-7H3. The Morgan fingerprint density at radius 2 is 1.34 bits per heavy atom. The Morgan fingerprint density at radius 1 is 0.640 bits per heavy atom. The van der Waals surface area contributed by atoms with Crippen LogP contribution in [0.25, 0.3) is 54.9 Å². The number of rotatable bonds is 2. The summed E-state index contributed by atoms with van der Waals surface area (Å²) in [5.41, 5.74) is 15.8. The van der Waals surface area contributed by atoms with E-state index in [0.29, 0.717) is 0 Å². The predicted molar refractivity (Wildman–Crippen MR) is 216 cm³/mol. The zero-order valence-corrected chi connectivity index (χ0v) is 30.5. The number of hydrogen-bond donors (Lipinski definition) is 0. The molecule has 6 aromatic carbocycles. The van der Waals surface area contributed by atoms with Crippen LogP contribution in [-0.4, -0.2) is 17.6 Å². The van der Waals surface area contributed by atoms with E-state index in [4.69, 9.17) is 4.42 Å². The summed E-state index contributed by atoms with van der Waals surface area (Å²) in [6.07, 6.45) is 2.18. The first kappa shape index (κ1) is 30.0. The molecule has 2 aromatic heterocycles. The van der Waals surface area contributed by atoms with E-state index in [1.807, 2.05) is 11.8 Å². The number of para-hydroxylation sites is 3. The van der Waals surface area contributed by atoms with Crippen LogP contribution in [0.4, 0.5) is 17.1 Å². The monoisotopic (exact) mass is 666 g/mol. The minimum Gasteiger partial charge on any atom is -0.455 e. The molecule has 0 saturated heterocycles. The van der Waals surface area contributed by atoms with Gasteiger partial charge in [-0.15, -0.1) is 11.8 Å². The number of benzene rings is 6. The van der Waals surface area contributed by atoms with Crippen LogP contribution in [0.15, 0.2) is 119 Å². The lowest BCUT2D eigenvalue weighted by atomic mass is 9.45. The van der Waals surface area contributed by atoms with E-state index in [2.05, 4.69) is 166 Å². The van der Waals surface area contributed by atoms with Crippen molar-refractivity contribution in [2.75, 3.05) is 11.2 Å². The van der Waals surface area contributed by atoms with Gasteiger partial charge in [-0.25, -0.2) is 0 Å². The van der Waals surface area contributed by atoms with Crippen LogP contribution in [0, 0.1) is 0 Å². The van der Waals surface area contributed by atoms with Gasteiger partial charge in [-0.2, -0.15) is 0 Å². The molecule has 8 aromatic rings. The van der Waals surface area contributed by atoms with Crippen LogP contribution in [0.3, 0.4) is 0 Å². The lowest BCUT2D eigenvalue weighted by molar-refractivity contribution is 0.569. The van der Waals surface area contributed by atoms with Gasteiger partial charge in [-0.3, -0.25) is 0 Å². The molecule has 4 heterocycles. The molecular formula is C45H39BN2OS. The number of nitrogens with zero attached hydrogens (tertiary/aromatic N) is 2. The Bertz CT molecular complexity index is 2710. The summed E-state index contributed by atoms with van der Waals surface area (Å²) in [6.45, 7) is 13.9. The van der Waals surface area contributed by atoms with Crippen molar-refractivity contribution in [1.82, 2.24) is 4.48 Å². The first-order valence-corrected chi connectivity index (χ1v) is 18.9. The van der Waals surface area contributed by atoms with E-state index in [-0.39, 0.29) is 17.7 Å². The average Bonchev–Trinajstić information content (AvgIpc) is 3.65. The van der Waals surface area contributed by atoms with Gasteiger partial charge in [0.25, 0.3) is 0 Å². The van der Waals surface area contributed by atoms with E-state index in [1.165, 1.54) is 76.9 Å². The van der Waals surface area contributed by atoms with E-state index >= 15 is 0 Å². The third-order valence-electron chi connectivity index (χ3n) is 11.1. The molecule has 0 atom stereocenters. The fourth-order valence-corrected chi connectivity index (χ4v) is 9.08. The minimum atomic E-state index is -0.0267. The zero-order valence-electron chi connectivity index (χ0n) is 29.7. The van der Waals surface area contributed by atoms with Gasteiger partial charge < -0.3 is 13.8 Å². The summed E-state index contributed by atoms with van der Waals surface area (Å²) in [6, 6.07) is 41.1. The summed E-state index contributed by atoms with van der Waals surface area (Å²) >= 11 is 1.81. The molecule has 244 valence electrons. The topological polar surface area (TPSA) is 21.3 Å². The fraction of sp³-hybridized carbons (Fsp3) is 0.200. The smallest absolute Gasteiger partial charge is 0.333 e. The van der Waals surface area contributed by atoms with Crippen molar-refractivity contribution in [2.24, 2.45) is 0 Å². The minimum absolute atomic E-state index is 0.0153. The molecule has 0 radical (unpaired) electrons. The molecule has 5 heteroatoms. The van der Waals surface area contributed by atoms with Gasteiger partial charge in [0.2, 0.25) is 0 Å². The molecule has 50 heavy (non-hydrogen) atoms. The molecule has 0 spiro atoms. The second kappa shape index (κ2) is 10.1. The first-order chi connectivity index (χ1) is 24.0. The van der Waals surface area contributed by atoms with Crippen molar-refractivity contribution >= 4 is 90.3 Å². The van der Waals surface area contributed by atoms with Gasteiger partial charge in [-0.05, 0) is 87.7 Å². The average molecular weight is 667 g/mol. The molecule has 0 bridgehead atoms. The molecule has 0 saturated carbocycles. The highest BCUT2D eigenvalue weighted by atomic mass is 32.2. The molecule has 0 amide bonds. The second-order valence-electron chi connectivity index (χ2n) is 16.2. The van der Waals surface area contributed by atoms with Crippen molar-refractivity contribution in [3.05, 3.63) is 120 Å². The van der Waals surface area contributed by atoms with Crippen molar-refractivity contribution in [3.8, 4) is 11.1 Å². The van der Waals surface area contributed by atoms with Crippen LogP contribution in [0.1, 0.15) is 52.7 Å². The number of anilines is 3. The predicted octanol–water partition coefficient (Wildman–Crippen LogP) is 11.4. The van der Waals surface area contributed by atoms with E-state index in [0.717, 1.165) is 21.9 Å². The van der Waals surface area contributed by atoms with Gasteiger partial charge in [0, 0.05) is 65.7 Å². The largest absolute Gasteiger partial charge is 0.455 e. The number of fused-ring (bicyclic) bond motifs is 11. The van der Waals surface area contributed by atoms with Crippen molar-refractivity contribution in [1.29, 1.82) is 0 Å². The van der Waals surface area contributed by atoms with Crippen LogP contribution < -0.4 is 15.8 Å². The van der Waals surface area contributed by atoms with E-state index in [9.17, 15) is 0 Å².